The molecule has 152 valence electrons. The van der Waals surface area contributed by atoms with Crippen LogP contribution in [0.1, 0.15) is 38.2 Å². The number of likely N-dealkylation sites (tertiary alicyclic amines) is 1. The second kappa shape index (κ2) is 9.21. The van der Waals surface area contributed by atoms with E-state index in [1.165, 1.54) is 29.1 Å². The Kier molecular flexibility index (Phi) is 6.91. The van der Waals surface area contributed by atoms with Gasteiger partial charge in [-0.15, -0.1) is 0 Å². The average Bonchev–Trinajstić information content (AvgIpc) is 2.74. The Morgan fingerprint density at radius 1 is 0.929 bits per heavy atom. The molecule has 0 bridgehead atoms. The van der Waals surface area contributed by atoms with E-state index in [0.717, 1.165) is 26.1 Å². The number of piperidine rings is 1. The van der Waals surface area contributed by atoms with Crippen molar-refractivity contribution in [3.05, 3.63) is 66.2 Å². The van der Waals surface area contributed by atoms with Crippen LogP contribution < -0.4 is 0 Å². The lowest BCUT2D eigenvalue weighted by Crippen LogP contribution is -2.43. The summed E-state index contributed by atoms with van der Waals surface area (Å²) in [7, 11) is -1.80. The Morgan fingerprint density at radius 2 is 1.50 bits per heavy atom. The van der Waals surface area contributed by atoms with Gasteiger partial charge in [-0.25, -0.2) is 12.7 Å². The van der Waals surface area contributed by atoms with Gasteiger partial charge in [0, 0.05) is 19.0 Å². The smallest absolute Gasteiger partial charge is 0.242 e. The highest BCUT2D eigenvalue weighted by molar-refractivity contribution is 7.89. The van der Waals surface area contributed by atoms with Gasteiger partial charge in [0.25, 0.3) is 0 Å². The third-order valence-electron chi connectivity index (χ3n) is 5.92. The van der Waals surface area contributed by atoms with Crippen LogP contribution in [0.2, 0.25) is 0 Å². The fourth-order valence-corrected chi connectivity index (χ4v) is 5.41. The number of rotatable bonds is 8. The standard InChI is InChI=1S/C23H32N2O2S/c1-23(21-12-6-3-7-13-21,16-19-25-17-10-5-11-18-25)20-24(2)28(26,27)22-14-8-4-9-15-22/h3-4,6-9,12-15H,5,10-11,16-20H2,1-2H3. The van der Waals surface area contributed by atoms with Gasteiger partial charge < -0.3 is 4.90 Å². The summed E-state index contributed by atoms with van der Waals surface area (Å²) >= 11 is 0. The first-order valence-corrected chi connectivity index (χ1v) is 11.7. The van der Waals surface area contributed by atoms with Gasteiger partial charge in [0.2, 0.25) is 10.0 Å². The number of likely N-dealkylation sites (N-methyl/N-ethyl adjacent to an activating group) is 1. The Hall–Kier alpha value is -1.69. The van der Waals surface area contributed by atoms with E-state index in [1.807, 2.05) is 24.3 Å². The molecule has 0 radical (unpaired) electrons. The van der Waals surface area contributed by atoms with E-state index in [4.69, 9.17) is 0 Å². The Balaban J connectivity index is 1.80. The normalized spacial score (nSPS) is 18.1. The van der Waals surface area contributed by atoms with Crippen LogP contribution in [0.5, 0.6) is 0 Å². The van der Waals surface area contributed by atoms with E-state index in [1.54, 1.807) is 31.3 Å². The molecule has 3 rings (SSSR count). The summed E-state index contributed by atoms with van der Waals surface area (Å²) in [5, 5.41) is 0. The van der Waals surface area contributed by atoms with E-state index in [-0.39, 0.29) is 5.41 Å². The highest BCUT2D eigenvalue weighted by Gasteiger charge is 2.33. The molecule has 0 N–H and O–H groups in total. The third kappa shape index (κ3) is 5.02. The molecule has 0 amide bonds. The summed E-state index contributed by atoms with van der Waals surface area (Å²) in [5.41, 5.74) is 0.956. The van der Waals surface area contributed by atoms with Crippen molar-refractivity contribution < 1.29 is 8.42 Å². The number of nitrogens with zero attached hydrogens (tertiary/aromatic N) is 2. The summed E-state index contributed by atoms with van der Waals surface area (Å²) in [6.07, 6.45) is 4.80. The fraction of sp³-hybridized carbons (Fsp3) is 0.478. The third-order valence-corrected chi connectivity index (χ3v) is 7.74. The van der Waals surface area contributed by atoms with Crippen molar-refractivity contribution >= 4 is 10.0 Å². The molecule has 1 heterocycles. The summed E-state index contributed by atoms with van der Waals surface area (Å²) in [4.78, 5) is 2.88. The van der Waals surface area contributed by atoms with Crippen LogP contribution in [0.15, 0.2) is 65.6 Å². The zero-order valence-corrected chi connectivity index (χ0v) is 17.9. The van der Waals surface area contributed by atoms with E-state index in [0.29, 0.717) is 11.4 Å². The largest absolute Gasteiger partial charge is 0.303 e. The second-order valence-corrected chi connectivity index (χ2v) is 10.2. The molecule has 2 aromatic carbocycles. The molecule has 1 atom stereocenters. The molecule has 1 fully saturated rings. The Labute approximate surface area is 170 Å². The summed E-state index contributed by atoms with van der Waals surface area (Å²) in [6.45, 7) is 5.97. The van der Waals surface area contributed by atoms with Gasteiger partial charge in [-0.3, -0.25) is 0 Å². The first kappa shape index (κ1) is 21.0. The van der Waals surface area contributed by atoms with Crippen molar-refractivity contribution in [2.24, 2.45) is 0 Å². The zero-order chi connectivity index (χ0) is 20.0. The topological polar surface area (TPSA) is 40.6 Å². The lowest BCUT2D eigenvalue weighted by atomic mass is 9.79. The monoisotopic (exact) mass is 400 g/mol. The van der Waals surface area contributed by atoms with Gasteiger partial charge in [0.15, 0.2) is 0 Å². The van der Waals surface area contributed by atoms with E-state index in [9.17, 15) is 8.42 Å². The number of benzene rings is 2. The van der Waals surface area contributed by atoms with Gasteiger partial charge in [-0.05, 0) is 56.6 Å². The van der Waals surface area contributed by atoms with Crippen LogP contribution in [-0.2, 0) is 15.4 Å². The summed E-state index contributed by atoms with van der Waals surface area (Å²) in [6, 6.07) is 19.1. The van der Waals surface area contributed by atoms with Crippen LogP contribution in [0.3, 0.4) is 0 Å². The van der Waals surface area contributed by atoms with Crippen LogP contribution in [0.4, 0.5) is 0 Å². The van der Waals surface area contributed by atoms with Crippen molar-refractivity contribution in [1.82, 2.24) is 9.21 Å². The zero-order valence-electron chi connectivity index (χ0n) is 17.0. The maximum absolute atomic E-state index is 13.1. The lowest BCUT2D eigenvalue weighted by molar-refractivity contribution is 0.199. The SMILES string of the molecule is CN(CC(C)(CCN1CCCCC1)c1ccccc1)S(=O)(=O)c1ccccc1. The van der Waals surface area contributed by atoms with Gasteiger partial charge in [0.1, 0.15) is 0 Å². The molecular weight excluding hydrogens is 368 g/mol. The average molecular weight is 401 g/mol. The minimum absolute atomic E-state index is 0.241. The second-order valence-electron chi connectivity index (χ2n) is 8.15. The Bertz CT molecular complexity index is 833. The fourth-order valence-electron chi connectivity index (χ4n) is 4.09. The van der Waals surface area contributed by atoms with Gasteiger partial charge in [-0.2, -0.15) is 0 Å². The van der Waals surface area contributed by atoms with E-state index < -0.39 is 10.0 Å². The molecule has 4 nitrogen and oxygen atoms in total. The molecule has 5 heteroatoms. The molecule has 0 spiro atoms. The van der Waals surface area contributed by atoms with Crippen molar-refractivity contribution in [2.75, 3.05) is 33.2 Å². The molecule has 0 aliphatic carbocycles. The molecule has 1 unspecified atom stereocenters. The molecule has 1 saturated heterocycles. The molecule has 28 heavy (non-hydrogen) atoms. The highest BCUT2D eigenvalue weighted by Crippen LogP contribution is 2.31. The summed E-state index contributed by atoms with van der Waals surface area (Å²) < 4.78 is 27.6. The van der Waals surface area contributed by atoms with Gasteiger partial charge in [-0.1, -0.05) is 61.9 Å². The van der Waals surface area contributed by atoms with Gasteiger partial charge >= 0.3 is 0 Å². The van der Waals surface area contributed by atoms with Gasteiger partial charge in [0.05, 0.1) is 4.90 Å². The van der Waals surface area contributed by atoms with Crippen molar-refractivity contribution in [2.45, 2.75) is 42.9 Å². The predicted molar refractivity (Wildman–Crippen MR) is 115 cm³/mol. The molecule has 1 aliphatic heterocycles. The highest BCUT2D eigenvalue weighted by atomic mass is 32.2. The number of hydrogen-bond donors (Lipinski definition) is 0. The Morgan fingerprint density at radius 3 is 2.11 bits per heavy atom. The maximum Gasteiger partial charge on any atom is 0.242 e. The number of hydrogen-bond acceptors (Lipinski definition) is 3. The van der Waals surface area contributed by atoms with Crippen LogP contribution in [0, 0.1) is 0 Å². The van der Waals surface area contributed by atoms with Crippen LogP contribution in [0.25, 0.3) is 0 Å². The minimum Gasteiger partial charge on any atom is -0.303 e. The maximum atomic E-state index is 13.1. The molecule has 1 aliphatic rings. The minimum atomic E-state index is -3.50. The summed E-state index contributed by atoms with van der Waals surface area (Å²) in [5.74, 6) is 0. The van der Waals surface area contributed by atoms with Crippen LogP contribution >= 0.6 is 0 Å². The first-order chi connectivity index (χ1) is 13.4. The van der Waals surface area contributed by atoms with Crippen molar-refractivity contribution in [3.63, 3.8) is 0 Å². The molecule has 0 saturated carbocycles. The predicted octanol–water partition coefficient (Wildman–Crippen LogP) is 4.14. The lowest BCUT2D eigenvalue weighted by Gasteiger charge is -2.37. The molecular formula is C23H32N2O2S. The quantitative estimate of drug-likeness (QED) is 0.669. The van der Waals surface area contributed by atoms with Crippen LogP contribution in [-0.4, -0.2) is 50.8 Å². The van der Waals surface area contributed by atoms with Crippen molar-refractivity contribution in [3.8, 4) is 0 Å². The van der Waals surface area contributed by atoms with E-state index in [2.05, 4.69) is 24.0 Å². The van der Waals surface area contributed by atoms with E-state index >= 15 is 0 Å². The molecule has 2 aromatic rings. The first-order valence-electron chi connectivity index (χ1n) is 10.2. The van der Waals surface area contributed by atoms with Crippen molar-refractivity contribution in [1.29, 1.82) is 0 Å². The molecule has 0 aromatic heterocycles. The number of sulfonamides is 1.